The maximum Gasteiger partial charge on any atom is -0.0355 e. The van der Waals surface area contributed by atoms with Crippen LogP contribution in [0.15, 0.2) is 0 Å². The van der Waals surface area contributed by atoms with Gasteiger partial charge < -0.3 is 0 Å². The van der Waals surface area contributed by atoms with Gasteiger partial charge >= 0.3 is 0 Å². The van der Waals surface area contributed by atoms with E-state index in [4.69, 9.17) is 0 Å². The van der Waals surface area contributed by atoms with Crippen molar-refractivity contribution >= 4 is 0 Å². The number of hydrogen-bond donors (Lipinski definition) is 0. The van der Waals surface area contributed by atoms with E-state index in [2.05, 4.69) is 34.6 Å². The van der Waals surface area contributed by atoms with E-state index >= 15 is 0 Å². The summed E-state index contributed by atoms with van der Waals surface area (Å²) in [5.74, 6) is 4.89. The highest BCUT2D eigenvalue weighted by Crippen LogP contribution is 2.48. The van der Waals surface area contributed by atoms with E-state index in [9.17, 15) is 0 Å². The third kappa shape index (κ3) is 1.67. The van der Waals surface area contributed by atoms with Crippen LogP contribution in [0.1, 0.15) is 47.5 Å². The van der Waals surface area contributed by atoms with Gasteiger partial charge in [0.05, 0.1) is 0 Å². The van der Waals surface area contributed by atoms with E-state index in [1.54, 1.807) is 0 Å². The Kier molecular flexibility index (Phi) is 3.20. The SMILES string of the molecule is CCC(C)CC1C(C)C(C)C1C. The maximum absolute atomic E-state index is 2.43. The van der Waals surface area contributed by atoms with Crippen molar-refractivity contribution in [3.05, 3.63) is 0 Å². The van der Waals surface area contributed by atoms with Gasteiger partial charge in [0.1, 0.15) is 0 Å². The van der Waals surface area contributed by atoms with Crippen molar-refractivity contribution in [2.75, 3.05) is 0 Å². The van der Waals surface area contributed by atoms with Gasteiger partial charge in [-0.15, -0.1) is 0 Å². The molecule has 0 bridgehead atoms. The molecule has 3 atom stereocenters. The smallest absolute Gasteiger partial charge is 0.0355 e. The molecule has 1 rings (SSSR count). The molecular formula is C12H24. The van der Waals surface area contributed by atoms with Gasteiger partial charge in [-0.2, -0.15) is 0 Å². The fourth-order valence-corrected chi connectivity index (χ4v) is 2.65. The Balaban J connectivity index is 2.34. The second-order valence-corrected chi connectivity index (χ2v) is 4.99. The van der Waals surface area contributed by atoms with Gasteiger partial charge in [0.2, 0.25) is 0 Å². The Morgan fingerprint density at radius 1 is 1.00 bits per heavy atom. The topological polar surface area (TPSA) is 0 Å². The summed E-state index contributed by atoms with van der Waals surface area (Å²) in [6, 6.07) is 0. The van der Waals surface area contributed by atoms with Crippen molar-refractivity contribution in [1.82, 2.24) is 0 Å². The molecule has 3 unspecified atom stereocenters. The van der Waals surface area contributed by atoms with Gasteiger partial charge in [0, 0.05) is 0 Å². The van der Waals surface area contributed by atoms with Crippen molar-refractivity contribution in [2.24, 2.45) is 29.6 Å². The molecule has 0 aromatic rings. The Morgan fingerprint density at radius 3 is 1.92 bits per heavy atom. The molecule has 1 saturated carbocycles. The summed E-state index contributed by atoms with van der Waals surface area (Å²) in [6.07, 6.45) is 2.81. The summed E-state index contributed by atoms with van der Waals surface area (Å²) < 4.78 is 0. The molecule has 0 amide bonds. The molecule has 0 aromatic carbocycles. The normalized spacial score (nSPS) is 43.8. The highest BCUT2D eigenvalue weighted by Gasteiger charge is 2.41. The van der Waals surface area contributed by atoms with E-state index in [1.807, 2.05) is 0 Å². The van der Waals surface area contributed by atoms with E-state index < -0.39 is 0 Å². The summed E-state index contributed by atoms with van der Waals surface area (Å²) in [5, 5.41) is 0. The third-order valence-electron chi connectivity index (χ3n) is 4.38. The lowest BCUT2D eigenvalue weighted by atomic mass is 9.57. The molecule has 12 heavy (non-hydrogen) atoms. The number of rotatable bonds is 3. The minimum atomic E-state index is 0.937. The lowest BCUT2D eigenvalue weighted by molar-refractivity contribution is -0.000559. The summed E-state index contributed by atoms with van der Waals surface area (Å²) in [5.41, 5.74) is 0. The first-order valence-corrected chi connectivity index (χ1v) is 5.57. The van der Waals surface area contributed by atoms with Crippen LogP contribution in [0.5, 0.6) is 0 Å². The Labute approximate surface area is 77.7 Å². The fraction of sp³-hybridized carbons (Fsp3) is 1.00. The zero-order valence-electron chi connectivity index (χ0n) is 9.30. The van der Waals surface area contributed by atoms with E-state index in [1.165, 1.54) is 12.8 Å². The second kappa shape index (κ2) is 3.81. The molecule has 0 saturated heterocycles. The molecule has 0 radical (unpaired) electrons. The van der Waals surface area contributed by atoms with Gasteiger partial charge in [-0.05, 0) is 36.0 Å². The quantitative estimate of drug-likeness (QED) is 0.598. The zero-order chi connectivity index (χ0) is 9.30. The van der Waals surface area contributed by atoms with Crippen LogP contribution in [0.2, 0.25) is 0 Å². The first-order chi connectivity index (χ1) is 5.57. The minimum absolute atomic E-state index is 0.937. The van der Waals surface area contributed by atoms with E-state index in [0.717, 1.165) is 29.6 Å². The molecule has 1 fully saturated rings. The standard InChI is InChI=1S/C12H24/c1-6-8(2)7-12-10(4)9(3)11(12)5/h8-12H,6-7H2,1-5H3. The van der Waals surface area contributed by atoms with Crippen molar-refractivity contribution in [3.63, 3.8) is 0 Å². The zero-order valence-corrected chi connectivity index (χ0v) is 9.30. The first-order valence-electron chi connectivity index (χ1n) is 5.57. The van der Waals surface area contributed by atoms with Crippen LogP contribution < -0.4 is 0 Å². The lowest BCUT2D eigenvalue weighted by Gasteiger charge is -2.49. The molecule has 72 valence electrons. The Morgan fingerprint density at radius 2 is 1.50 bits per heavy atom. The molecule has 0 heteroatoms. The second-order valence-electron chi connectivity index (χ2n) is 4.99. The highest BCUT2D eigenvalue weighted by molar-refractivity contribution is 4.90. The van der Waals surface area contributed by atoms with Crippen LogP contribution in [0.4, 0.5) is 0 Å². The van der Waals surface area contributed by atoms with Crippen LogP contribution in [0.3, 0.4) is 0 Å². The van der Waals surface area contributed by atoms with Gasteiger partial charge in [-0.3, -0.25) is 0 Å². The van der Waals surface area contributed by atoms with E-state index in [-0.39, 0.29) is 0 Å². The van der Waals surface area contributed by atoms with Gasteiger partial charge in [0.25, 0.3) is 0 Å². The summed E-state index contributed by atoms with van der Waals surface area (Å²) in [7, 11) is 0. The summed E-state index contributed by atoms with van der Waals surface area (Å²) in [6.45, 7) is 12.0. The molecule has 1 aliphatic rings. The average molecular weight is 168 g/mol. The Hall–Kier alpha value is 0. The van der Waals surface area contributed by atoms with Crippen molar-refractivity contribution in [3.8, 4) is 0 Å². The van der Waals surface area contributed by atoms with Crippen molar-refractivity contribution in [2.45, 2.75) is 47.5 Å². The van der Waals surface area contributed by atoms with Crippen molar-refractivity contribution < 1.29 is 0 Å². The average Bonchev–Trinajstić information content (AvgIpc) is 2.11. The van der Waals surface area contributed by atoms with Gasteiger partial charge in [-0.25, -0.2) is 0 Å². The van der Waals surface area contributed by atoms with Crippen LogP contribution in [-0.2, 0) is 0 Å². The Bertz CT molecular complexity index is 129. The predicted molar refractivity (Wildman–Crippen MR) is 55.1 cm³/mol. The fourth-order valence-electron chi connectivity index (χ4n) is 2.65. The summed E-state index contributed by atoms with van der Waals surface area (Å²) in [4.78, 5) is 0. The summed E-state index contributed by atoms with van der Waals surface area (Å²) >= 11 is 0. The molecule has 1 aliphatic carbocycles. The van der Waals surface area contributed by atoms with Crippen LogP contribution in [0, 0.1) is 29.6 Å². The van der Waals surface area contributed by atoms with Crippen LogP contribution in [0.25, 0.3) is 0 Å². The largest absolute Gasteiger partial charge is 0.0651 e. The van der Waals surface area contributed by atoms with Crippen LogP contribution >= 0.6 is 0 Å². The van der Waals surface area contributed by atoms with E-state index in [0.29, 0.717) is 0 Å². The highest BCUT2D eigenvalue weighted by atomic mass is 14.5. The number of hydrogen-bond acceptors (Lipinski definition) is 0. The molecule has 0 aromatic heterocycles. The molecular weight excluding hydrogens is 144 g/mol. The van der Waals surface area contributed by atoms with Crippen LogP contribution in [-0.4, -0.2) is 0 Å². The molecule has 0 aliphatic heterocycles. The third-order valence-corrected chi connectivity index (χ3v) is 4.38. The molecule has 0 heterocycles. The molecule has 0 nitrogen and oxygen atoms in total. The molecule has 0 spiro atoms. The monoisotopic (exact) mass is 168 g/mol. The minimum Gasteiger partial charge on any atom is -0.0651 e. The maximum atomic E-state index is 2.43. The first kappa shape index (κ1) is 10.1. The predicted octanol–water partition coefficient (Wildman–Crippen LogP) is 3.96. The lowest BCUT2D eigenvalue weighted by Crippen LogP contribution is -2.42. The van der Waals surface area contributed by atoms with Gasteiger partial charge in [0.15, 0.2) is 0 Å². The van der Waals surface area contributed by atoms with Crippen molar-refractivity contribution in [1.29, 1.82) is 0 Å². The molecule has 0 N–H and O–H groups in total. The van der Waals surface area contributed by atoms with Gasteiger partial charge in [-0.1, -0.05) is 41.0 Å².